The van der Waals surface area contributed by atoms with Gasteiger partial charge in [0.25, 0.3) is 0 Å². The number of nitrogens with one attached hydrogen (secondary N) is 2. The van der Waals surface area contributed by atoms with Crippen molar-refractivity contribution in [3.63, 3.8) is 0 Å². The Morgan fingerprint density at radius 1 is 1.39 bits per heavy atom. The highest BCUT2D eigenvalue weighted by atomic mass is 35.5. The molecule has 1 rings (SSSR count). The lowest BCUT2D eigenvalue weighted by atomic mass is 10.1. The number of carbonyl (C=O) groups is 1. The Balaban J connectivity index is 3.26. The maximum atomic E-state index is 12.6. The van der Waals surface area contributed by atoms with Gasteiger partial charge in [-0.25, -0.2) is 4.79 Å². The van der Waals surface area contributed by atoms with Crippen LogP contribution in [0.5, 0.6) is 5.75 Å². The van der Waals surface area contributed by atoms with Gasteiger partial charge in [-0.1, -0.05) is 11.6 Å². The second kappa shape index (κ2) is 5.34. The third-order valence-electron chi connectivity index (χ3n) is 2.07. The number of hydrogen-bond donors (Lipinski definition) is 2. The van der Waals surface area contributed by atoms with Gasteiger partial charge in [-0.15, -0.1) is 0 Å². The van der Waals surface area contributed by atoms with Gasteiger partial charge >= 0.3 is 12.2 Å². The van der Waals surface area contributed by atoms with Crippen molar-refractivity contribution in [2.75, 3.05) is 19.5 Å². The van der Waals surface area contributed by atoms with Crippen LogP contribution in [-0.4, -0.2) is 20.2 Å². The first kappa shape index (κ1) is 14.4. The molecule has 2 amide bonds. The smallest absolute Gasteiger partial charge is 0.417 e. The molecule has 0 bridgehead atoms. The summed E-state index contributed by atoms with van der Waals surface area (Å²) in [5.74, 6) is 0.0385. The Kier molecular flexibility index (Phi) is 4.28. The average Bonchev–Trinajstić information content (AvgIpc) is 2.29. The number of carbonyl (C=O) groups excluding carboxylic acids is 1. The van der Waals surface area contributed by atoms with Gasteiger partial charge in [0.15, 0.2) is 0 Å². The third-order valence-corrected chi connectivity index (χ3v) is 2.38. The van der Waals surface area contributed by atoms with E-state index in [2.05, 4.69) is 10.6 Å². The van der Waals surface area contributed by atoms with Crippen LogP contribution in [-0.2, 0) is 6.18 Å². The molecule has 0 aliphatic rings. The normalized spacial score (nSPS) is 11.0. The molecule has 1 aromatic rings. The number of ether oxygens (including phenoxy) is 1. The van der Waals surface area contributed by atoms with Crippen LogP contribution >= 0.6 is 11.6 Å². The molecule has 1 aromatic carbocycles. The van der Waals surface area contributed by atoms with Gasteiger partial charge in [0.05, 0.1) is 23.4 Å². The summed E-state index contributed by atoms with van der Waals surface area (Å²) in [6.07, 6.45) is -4.61. The van der Waals surface area contributed by atoms with Crippen molar-refractivity contribution < 1.29 is 22.7 Å². The zero-order chi connectivity index (χ0) is 13.9. The summed E-state index contributed by atoms with van der Waals surface area (Å²) >= 11 is 5.51. The highest BCUT2D eigenvalue weighted by Gasteiger charge is 2.34. The highest BCUT2D eigenvalue weighted by Crippen LogP contribution is 2.40. The zero-order valence-electron chi connectivity index (χ0n) is 9.48. The Hall–Kier alpha value is -1.63. The Morgan fingerprint density at radius 2 is 2.00 bits per heavy atom. The van der Waals surface area contributed by atoms with E-state index in [0.717, 1.165) is 12.1 Å². The molecule has 0 atom stereocenters. The van der Waals surface area contributed by atoms with Gasteiger partial charge in [0.2, 0.25) is 0 Å². The largest absolute Gasteiger partial charge is 0.495 e. The Bertz CT molecular complexity index is 463. The van der Waals surface area contributed by atoms with Crippen molar-refractivity contribution in [2.45, 2.75) is 6.18 Å². The van der Waals surface area contributed by atoms with Crippen LogP contribution in [0, 0.1) is 0 Å². The number of benzene rings is 1. The fourth-order valence-corrected chi connectivity index (χ4v) is 1.48. The first-order chi connectivity index (χ1) is 8.29. The molecule has 4 nitrogen and oxygen atoms in total. The van der Waals surface area contributed by atoms with Crippen LogP contribution < -0.4 is 15.4 Å². The summed E-state index contributed by atoms with van der Waals surface area (Å²) in [5, 5.41) is 3.94. The monoisotopic (exact) mass is 282 g/mol. The van der Waals surface area contributed by atoms with Crippen molar-refractivity contribution >= 4 is 23.3 Å². The predicted molar refractivity (Wildman–Crippen MR) is 61.1 cm³/mol. The molecule has 0 saturated heterocycles. The van der Waals surface area contributed by atoms with Crippen LogP contribution in [0.2, 0.25) is 5.02 Å². The molecule has 2 N–H and O–H groups in total. The van der Waals surface area contributed by atoms with Crippen molar-refractivity contribution in [2.24, 2.45) is 0 Å². The lowest BCUT2D eigenvalue weighted by molar-refractivity contribution is -0.137. The lowest BCUT2D eigenvalue weighted by Crippen LogP contribution is -2.25. The van der Waals surface area contributed by atoms with E-state index in [9.17, 15) is 18.0 Å². The van der Waals surface area contributed by atoms with Gasteiger partial charge in [-0.05, 0) is 6.07 Å². The van der Waals surface area contributed by atoms with Crippen molar-refractivity contribution in [3.05, 3.63) is 22.7 Å². The number of alkyl halides is 3. The van der Waals surface area contributed by atoms with Crippen molar-refractivity contribution in [1.82, 2.24) is 5.32 Å². The fourth-order valence-electron chi connectivity index (χ4n) is 1.22. The zero-order valence-corrected chi connectivity index (χ0v) is 10.2. The number of hydrogen-bond acceptors (Lipinski definition) is 2. The molecular formula is C10H10ClF3N2O2. The molecule has 0 aliphatic carbocycles. The van der Waals surface area contributed by atoms with E-state index in [0.29, 0.717) is 0 Å². The SMILES string of the molecule is CNC(=O)Nc1cc(C(F)(F)F)c(Cl)cc1OC. The fraction of sp³-hybridized carbons (Fsp3) is 0.300. The third kappa shape index (κ3) is 3.19. The topological polar surface area (TPSA) is 50.4 Å². The Labute approximate surface area is 106 Å². The molecule has 0 spiro atoms. The summed E-state index contributed by atoms with van der Waals surface area (Å²) in [5.41, 5.74) is -1.16. The number of urea groups is 1. The van der Waals surface area contributed by atoms with Crippen LogP contribution in [0.25, 0.3) is 0 Å². The maximum absolute atomic E-state index is 12.6. The first-order valence-electron chi connectivity index (χ1n) is 4.73. The molecule has 100 valence electrons. The lowest BCUT2D eigenvalue weighted by Gasteiger charge is -2.15. The number of methoxy groups -OCH3 is 1. The minimum Gasteiger partial charge on any atom is -0.495 e. The molecular weight excluding hydrogens is 273 g/mol. The maximum Gasteiger partial charge on any atom is 0.417 e. The minimum atomic E-state index is -4.61. The van der Waals surface area contributed by atoms with E-state index < -0.39 is 22.8 Å². The van der Waals surface area contributed by atoms with Gasteiger partial charge in [0, 0.05) is 13.1 Å². The van der Waals surface area contributed by atoms with Crippen LogP contribution in [0.3, 0.4) is 0 Å². The van der Waals surface area contributed by atoms with E-state index in [-0.39, 0.29) is 11.4 Å². The average molecular weight is 283 g/mol. The summed E-state index contributed by atoms with van der Waals surface area (Å²) in [6.45, 7) is 0. The molecule has 0 saturated carbocycles. The van der Waals surface area contributed by atoms with E-state index >= 15 is 0 Å². The van der Waals surface area contributed by atoms with E-state index in [1.165, 1.54) is 14.2 Å². The standard InChI is InChI=1S/C10H10ClF3N2O2/c1-15-9(17)16-7-3-5(10(12,13)14)6(11)4-8(7)18-2/h3-4H,1-2H3,(H2,15,16,17). The quantitative estimate of drug-likeness (QED) is 0.875. The number of rotatable bonds is 2. The molecule has 0 fully saturated rings. The second-order valence-corrected chi connectivity index (χ2v) is 3.64. The van der Waals surface area contributed by atoms with Gasteiger partial charge in [-0.3, -0.25) is 0 Å². The van der Waals surface area contributed by atoms with E-state index in [4.69, 9.17) is 16.3 Å². The number of anilines is 1. The molecule has 8 heteroatoms. The second-order valence-electron chi connectivity index (χ2n) is 3.23. The first-order valence-corrected chi connectivity index (χ1v) is 5.11. The molecule has 0 heterocycles. The molecule has 18 heavy (non-hydrogen) atoms. The van der Waals surface area contributed by atoms with Gasteiger partial charge in [0.1, 0.15) is 5.75 Å². The van der Waals surface area contributed by atoms with Gasteiger partial charge < -0.3 is 15.4 Å². The minimum absolute atomic E-state index is 0.0385. The number of amides is 2. The predicted octanol–water partition coefficient (Wildman–Crippen LogP) is 3.12. The molecule has 0 aromatic heterocycles. The summed E-state index contributed by atoms with van der Waals surface area (Å²) < 4.78 is 42.7. The van der Waals surface area contributed by atoms with Crippen molar-refractivity contribution in [1.29, 1.82) is 0 Å². The number of halogens is 4. The molecule has 0 aliphatic heterocycles. The molecule has 0 radical (unpaired) electrons. The summed E-state index contributed by atoms with van der Waals surface area (Å²) in [4.78, 5) is 11.1. The summed E-state index contributed by atoms with van der Waals surface area (Å²) in [7, 11) is 2.59. The van der Waals surface area contributed by atoms with Crippen molar-refractivity contribution in [3.8, 4) is 5.75 Å². The van der Waals surface area contributed by atoms with E-state index in [1.807, 2.05) is 0 Å². The Morgan fingerprint density at radius 3 is 2.44 bits per heavy atom. The van der Waals surface area contributed by atoms with Crippen LogP contribution in [0.15, 0.2) is 12.1 Å². The van der Waals surface area contributed by atoms with E-state index in [1.54, 1.807) is 0 Å². The summed E-state index contributed by atoms with van der Waals surface area (Å²) in [6, 6.07) is 1.05. The molecule has 0 unspecified atom stereocenters. The van der Waals surface area contributed by atoms with Gasteiger partial charge in [-0.2, -0.15) is 13.2 Å². The van der Waals surface area contributed by atoms with Crippen LogP contribution in [0.1, 0.15) is 5.56 Å². The van der Waals surface area contributed by atoms with Crippen LogP contribution in [0.4, 0.5) is 23.7 Å². The highest BCUT2D eigenvalue weighted by molar-refractivity contribution is 6.31.